The average Bonchev–Trinajstić information content (AvgIpc) is 2.50. The van der Waals surface area contributed by atoms with E-state index in [1.165, 1.54) is 5.48 Å². The fourth-order valence-electron chi connectivity index (χ4n) is 1.07. The first kappa shape index (κ1) is 9.73. The highest BCUT2D eigenvalue weighted by Gasteiger charge is 2.09. The molecule has 1 heterocycles. The highest BCUT2D eigenvalue weighted by atomic mass is 16.5. The minimum absolute atomic E-state index is 0.137. The Kier molecular flexibility index (Phi) is 3.02. The first-order valence-electron chi connectivity index (χ1n) is 4.11. The van der Waals surface area contributed by atoms with Crippen molar-refractivity contribution in [1.29, 1.82) is 0 Å². The number of rotatable bonds is 3. The molecule has 0 aliphatic rings. The molecule has 0 spiro atoms. The van der Waals surface area contributed by atoms with Crippen LogP contribution in [0.5, 0.6) is 0 Å². The number of hydrogen-bond acceptors (Lipinski definition) is 3. The maximum atomic E-state index is 10.9. The number of H-pyrrole nitrogens is 1. The predicted molar refractivity (Wildman–Crippen MR) is 46.4 cm³/mol. The smallest absolute Gasteiger partial charge is 0.310 e. The molecule has 1 aromatic rings. The lowest BCUT2D eigenvalue weighted by Gasteiger charge is -1.99. The summed E-state index contributed by atoms with van der Waals surface area (Å²) in [5, 5.41) is 8.32. The molecule has 0 unspecified atom stereocenters. The van der Waals surface area contributed by atoms with Crippen LogP contribution in [0.1, 0.15) is 30.2 Å². The Hall–Kier alpha value is -1.36. The van der Waals surface area contributed by atoms with E-state index in [1.807, 2.05) is 0 Å². The Morgan fingerprint density at radius 3 is 3.00 bits per heavy atom. The summed E-state index contributed by atoms with van der Waals surface area (Å²) in [5.41, 5.74) is 2.41. The highest BCUT2D eigenvalue weighted by molar-refractivity contribution is 5.89. The van der Waals surface area contributed by atoms with Gasteiger partial charge < -0.3 is 4.98 Å². The summed E-state index contributed by atoms with van der Waals surface area (Å²) in [4.78, 5) is 17.5. The van der Waals surface area contributed by atoms with Crippen LogP contribution in [0, 0.1) is 5.92 Å². The number of hydroxylamine groups is 1. The zero-order valence-electron chi connectivity index (χ0n) is 7.66. The fraction of sp³-hybridized carbons (Fsp3) is 0.500. The monoisotopic (exact) mass is 183 g/mol. The molecule has 1 aromatic heterocycles. The molecule has 0 aliphatic heterocycles. The Labute approximate surface area is 76.1 Å². The second-order valence-corrected chi connectivity index (χ2v) is 3.30. The molecule has 1 rings (SSSR count). The van der Waals surface area contributed by atoms with Gasteiger partial charge >= 0.3 is 5.91 Å². The third kappa shape index (κ3) is 2.55. The number of carbonyl (C=O) groups excluding carboxylic acids is 1. The van der Waals surface area contributed by atoms with Crippen LogP contribution in [0.15, 0.2) is 6.20 Å². The SMILES string of the molecule is CC(C)Cc1cnc(C(=O)NO)[nH]1. The Morgan fingerprint density at radius 2 is 2.46 bits per heavy atom. The number of amides is 1. The lowest BCUT2D eigenvalue weighted by Crippen LogP contribution is -2.20. The van der Waals surface area contributed by atoms with Crippen LogP contribution >= 0.6 is 0 Å². The second-order valence-electron chi connectivity index (χ2n) is 3.30. The molecule has 0 saturated heterocycles. The molecule has 0 saturated carbocycles. The molecule has 0 atom stereocenters. The summed E-state index contributed by atoms with van der Waals surface area (Å²) in [6.45, 7) is 4.15. The molecule has 0 bridgehead atoms. The molecule has 5 nitrogen and oxygen atoms in total. The van der Waals surface area contributed by atoms with Crippen LogP contribution in [-0.2, 0) is 6.42 Å². The van der Waals surface area contributed by atoms with Crippen LogP contribution in [0.4, 0.5) is 0 Å². The third-order valence-corrected chi connectivity index (χ3v) is 1.57. The van der Waals surface area contributed by atoms with E-state index in [1.54, 1.807) is 6.20 Å². The van der Waals surface area contributed by atoms with E-state index >= 15 is 0 Å². The molecule has 0 aliphatic carbocycles. The van der Waals surface area contributed by atoms with Gasteiger partial charge in [-0.1, -0.05) is 13.8 Å². The first-order chi connectivity index (χ1) is 6.13. The minimum Gasteiger partial charge on any atom is -0.338 e. The normalized spacial score (nSPS) is 10.5. The van der Waals surface area contributed by atoms with Crippen molar-refractivity contribution in [3.05, 3.63) is 17.7 Å². The topological polar surface area (TPSA) is 78.0 Å². The number of aromatic amines is 1. The summed E-state index contributed by atoms with van der Waals surface area (Å²) in [6, 6.07) is 0. The van der Waals surface area contributed by atoms with E-state index in [9.17, 15) is 4.79 Å². The molecule has 0 radical (unpaired) electrons. The van der Waals surface area contributed by atoms with Crippen molar-refractivity contribution in [2.24, 2.45) is 5.92 Å². The largest absolute Gasteiger partial charge is 0.338 e. The molecule has 3 N–H and O–H groups in total. The van der Waals surface area contributed by atoms with E-state index in [2.05, 4.69) is 23.8 Å². The highest BCUT2D eigenvalue weighted by Crippen LogP contribution is 2.05. The molecular weight excluding hydrogens is 170 g/mol. The molecular formula is C8H13N3O2. The van der Waals surface area contributed by atoms with E-state index in [-0.39, 0.29) is 5.82 Å². The van der Waals surface area contributed by atoms with E-state index in [0.717, 1.165) is 12.1 Å². The third-order valence-electron chi connectivity index (χ3n) is 1.57. The zero-order chi connectivity index (χ0) is 9.84. The lowest BCUT2D eigenvalue weighted by molar-refractivity contribution is 0.0695. The van der Waals surface area contributed by atoms with Gasteiger partial charge in [0.15, 0.2) is 5.82 Å². The number of nitrogens with one attached hydrogen (secondary N) is 2. The zero-order valence-corrected chi connectivity index (χ0v) is 7.66. The van der Waals surface area contributed by atoms with Gasteiger partial charge in [-0.25, -0.2) is 10.5 Å². The van der Waals surface area contributed by atoms with Crippen LogP contribution in [0.2, 0.25) is 0 Å². The van der Waals surface area contributed by atoms with Crippen molar-refractivity contribution in [3.63, 3.8) is 0 Å². The summed E-state index contributed by atoms with van der Waals surface area (Å²) in [6.07, 6.45) is 2.44. The van der Waals surface area contributed by atoms with Gasteiger partial charge in [0.2, 0.25) is 0 Å². The number of carbonyl (C=O) groups is 1. The van der Waals surface area contributed by atoms with Crippen molar-refractivity contribution in [3.8, 4) is 0 Å². The van der Waals surface area contributed by atoms with Crippen molar-refractivity contribution in [1.82, 2.24) is 15.4 Å². The van der Waals surface area contributed by atoms with Crippen molar-refractivity contribution >= 4 is 5.91 Å². The number of hydrogen-bond donors (Lipinski definition) is 3. The van der Waals surface area contributed by atoms with Gasteiger partial charge in [0.1, 0.15) is 0 Å². The van der Waals surface area contributed by atoms with E-state index in [4.69, 9.17) is 5.21 Å². The molecule has 0 aromatic carbocycles. The molecule has 1 amide bonds. The van der Waals surface area contributed by atoms with Crippen LogP contribution in [0.3, 0.4) is 0 Å². The quantitative estimate of drug-likeness (QED) is 0.477. The molecule has 72 valence electrons. The van der Waals surface area contributed by atoms with Gasteiger partial charge in [0.05, 0.1) is 0 Å². The number of aromatic nitrogens is 2. The standard InChI is InChI=1S/C8H13N3O2/c1-5(2)3-6-4-9-7(10-6)8(12)11-13/h4-5,13H,3H2,1-2H3,(H,9,10)(H,11,12). The van der Waals surface area contributed by atoms with Crippen LogP contribution in [0.25, 0.3) is 0 Å². The van der Waals surface area contributed by atoms with Crippen molar-refractivity contribution in [2.45, 2.75) is 20.3 Å². The van der Waals surface area contributed by atoms with E-state index in [0.29, 0.717) is 5.92 Å². The van der Waals surface area contributed by atoms with Crippen molar-refractivity contribution in [2.75, 3.05) is 0 Å². The van der Waals surface area contributed by atoms with Gasteiger partial charge in [-0.05, 0) is 12.3 Å². The summed E-state index contributed by atoms with van der Waals surface area (Å²) in [5.74, 6) is 0.0265. The fourth-order valence-corrected chi connectivity index (χ4v) is 1.07. The number of imidazole rings is 1. The van der Waals surface area contributed by atoms with Gasteiger partial charge in [-0.15, -0.1) is 0 Å². The van der Waals surface area contributed by atoms with Gasteiger partial charge in [-0.2, -0.15) is 0 Å². The molecule has 5 heteroatoms. The lowest BCUT2D eigenvalue weighted by atomic mass is 10.1. The molecule has 0 fully saturated rings. The minimum atomic E-state index is -0.616. The maximum Gasteiger partial charge on any atom is 0.310 e. The van der Waals surface area contributed by atoms with Gasteiger partial charge in [0.25, 0.3) is 0 Å². The predicted octanol–water partition coefficient (Wildman–Crippen LogP) is 0.727. The summed E-state index contributed by atoms with van der Waals surface area (Å²) >= 11 is 0. The maximum absolute atomic E-state index is 10.9. The van der Waals surface area contributed by atoms with Crippen LogP contribution in [-0.4, -0.2) is 21.1 Å². The number of nitrogens with zero attached hydrogens (tertiary/aromatic N) is 1. The average molecular weight is 183 g/mol. The molecule has 13 heavy (non-hydrogen) atoms. The Morgan fingerprint density at radius 1 is 1.77 bits per heavy atom. The van der Waals surface area contributed by atoms with Crippen molar-refractivity contribution < 1.29 is 10.0 Å². The van der Waals surface area contributed by atoms with Gasteiger partial charge in [0, 0.05) is 11.9 Å². The summed E-state index contributed by atoms with van der Waals surface area (Å²) in [7, 11) is 0. The Bertz CT molecular complexity index is 293. The van der Waals surface area contributed by atoms with Crippen LogP contribution < -0.4 is 5.48 Å². The first-order valence-corrected chi connectivity index (χ1v) is 4.11. The van der Waals surface area contributed by atoms with E-state index < -0.39 is 5.91 Å². The van der Waals surface area contributed by atoms with Gasteiger partial charge in [-0.3, -0.25) is 10.0 Å². The second kappa shape index (κ2) is 4.04. The Balaban J connectivity index is 2.69. The summed E-state index contributed by atoms with van der Waals surface area (Å²) < 4.78 is 0.